The summed E-state index contributed by atoms with van der Waals surface area (Å²) < 4.78 is 55.4. The van der Waals surface area contributed by atoms with Crippen LogP contribution in [0.1, 0.15) is 28.7 Å². The lowest BCUT2D eigenvalue weighted by atomic mass is 10.1. The van der Waals surface area contributed by atoms with Gasteiger partial charge in [-0.2, -0.15) is 8.78 Å². The molecule has 1 aromatic heterocycles. The van der Waals surface area contributed by atoms with E-state index in [-0.39, 0.29) is 22.6 Å². The molecule has 0 saturated heterocycles. The van der Waals surface area contributed by atoms with Crippen molar-refractivity contribution in [3.63, 3.8) is 0 Å². The molecular weight excluding hydrogens is 448 g/mol. The van der Waals surface area contributed by atoms with Crippen LogP contribution in [0.15, 0.2) is 77.7 Å². The third kappa shape index (κ3) is 4.36. The maximum Gasteiger partial charge on any atom is 0.330 e. The molecule has 170 valence electrons. The van der Waals surface area contributed by atoms with Crippen LogP contribution < -0.4 is 5.32 Å². The van der Waals surface area contributed by atoms with Crippen LogP contribution in [0.25, 0.3) is 11.0 Å². The highest BCUT2D eigenvalue weighted by Crippen LogP contribution is 2.36. The maximum absolute atomic E-state index is 15.2. The number of anilines is 1. The van der Waals surface area contributed by atoms with Gasteiger partial charge in [0.05, 0.1) is 15.9 Å². The van der Waals surface area contributed by atoms with Gasteiger partial charge in [-0.25, -0.2) is 13.4 Å². The predicted molar refractivity (Wildman–Crippen MR) is 122 cm³/mol. The lowest BCUT2D eigenvalue weighted by molar-refractivity contribution is 0.0296. The molecule has 1 N–H and O–H groups in total. The van der Waals surface area contributed by atoms with E-state index in [1.807, 2.05) is 0 Å². The Morgan fingerprint density at radius 3 is 2.42 bits per heavy atom. The van der Waals surface area contributed by atoms with Crippen molar-refractivity contribution < 1.29 is 22.0 Å². The Hall–Kier alpha value is -3.59. The average molecular weight is 470 g/mol. The Kier molecular flexibility index (Phi) is 5.75. The van der Waals surface area contributed by atoms with Gasteiger partial charge in [-0.15, -0.1) is 0 Å². The zero-order valence-electron chi connectivity index (χ0n) is 17.9. The number of carbonyl (C=O) groups is 1. The first-order valence-corrected chi connectivity index (χ1v) is 12.1. The molecular formula is C24H21F2N3O3S. The van der Waals surface area contributed by atoms with Crippen molar-refractivity contribution in [1.29, 1.82) is 0 Å². The van der Waals surface area contributed by atoms with E-state index in [0.717, 1.165) is 6.26 Å². The first-order valence-electron chi connectivity index (χ1n) is 10.2. The number of hydrogen-bond donors (Lipinski definition) is 1. The van der Waals surface area contributed by atoms with Gasteiger partial charge >= 0.3 is 5.92 Å². The van der Waals surface area contributed by atoms with E-state index in [1.54, 1.807) is 31.2 Å². The van der Waals surface area contributed by atoms with Crippen molar-refractivity contribution in [3.05, 3.63) is 89.7 Å². The van der Waals surface area contributed by atoms with Gasteiger partial charge in [0.15, 0.2) is 15.7 Å². The molecule has 33 heavy (non-hydrogen) atoms. The Bertz CT molecular complexity index is 1450. The summed E-state index contributed by atoms with van der Waals surface area (Å²) in [4.78, 5) is 17.1. The fraction of sp³-hybridized carbons (Fsp3) is 0.167. The quantitative estimate of drug-likeness (QED) is 0.438. The molecule has 9 heteroatoms. The van der Waals surface area contributed by atoms with Crippen LogP contribution in [0.2, 0.25) is 0 Å². The number of nitrogens with zero attached hydrogens (tertiary/aromatic N) is 2. The summed E-state index contributed by atoms with van der Waals surface area (Å²) in [7, 11) is -3.43. The summed E-state index contributed by atoms with van der Waals surface area (Å²) in [6.45, 7) is 1.96. The van der Waals surface area contributed by atoms with Crippen LogP contribution in [0.4, 0.5) is 14.5 Å². The summed E-state index contributed by atoms with van der Waals surface area (Å²) in [5, 5.41) is 2.65. The van der Waals surface area contributed by atoms with Crippen molar-refractivity contribution in [2.45, 2.75) is 24.3 Å². The van der Waals surface area contributed by atoms with Gasteiger partial charge in [0, 0.05) is 29.6 Å². The molecule has 0 aliphatic heterocycles. The Morgan fingerprint density at radius 1 is 1.03 bits per heavy atom. The lowest BCUT2D eigenvalue weighted by Crippen LogP contribution is -2.21. The number of fused-ring (bicyclic) bond motifs is 1. The van der Waals surface area contributed by atoms with E-state index >= 15 is 8.78 Å². The molecule has 0 fully saturated rings. The third-order valence-corrected chi connectivity index (χ3v) is 6.37. The molecule has 0 spiro atoms. The third-order valence-electron chi connectivity index (χ3n) is 5.26. The van der Waals surface area contributed by atoms with Crippen LogP contribution in [-0.4, -0.2) is 30.1 Å². The molecule has 0 atom stereocenters. The highest BCUT2D eigenvalue weighted by Gasteiger charge is 2.39. The molecule has 3 aromatic carbocycles. The van der Waals surface area contributed by atoms with Gasteiger partial charge in [0.1, 0.15) is 0 Å². The van der Waals surface area contributed by atoms with Gasteiger partial charge < -0.3 is 9.88 Å². The Balaban J connectivity index is 1.71. The minimum absolute atomic E-state index is 0.0765. The molecule has 0 aliphatic rings. The predicted octanol–water partition coefficient (Wildman–Crippen LogP) is 4.85. The highest BCUT2D eigenvalue weighted by molar-refractivity contribution is 7.90. The molecule has 1 heterocycles. The summed E-state index contributed by atoms with van der Waals surface area (Å²) in [5.41, 5.74) is 1.12. The number of sulfone groups is 1. The molecule has 4 aromatic rings. The normalized spacial score (nSPS) is 12.1. The van der Waals surface area contributed by atoms with Gasteiger partial charge in [0.25, 0.3) is 5.91 Å². The molecule has 0 aliphatic carbocycles. The first kappa shape index (κ1) is 22.6. The van der Waals surface area contributed by atoms with E-state index in [4.69, 9.17) is 0 Å². The minimum atomic E-state index is -3.43. The van der Waals surface area contributed by atoms with Gasteiger partial charge in [-0.3, -0.25) is 4.79 Å². The van der Waals surface area contributed by atoms with E-state index in [9.17, 15) is 13.2 Å². The zero-order chi connectivity index (χ0) is 23.8. The maximum atomic E-state index is 15.2. The molecule has 0 bridgehead atoms. The zero-order valence-corrected chi connectivity index (χ0v) is 18.7. The second kappa shape index (κ2) is 8.40. The summed E-state index contributed by atoms with van der Waals surface area (Å²) in [6.07, 6.45) is 1.08. The van der Waals surface area contributed by atoms with E-state index in [2.05, 4.69) is 10.3 Å². The summed E-state index contributed by atoms with van der Waals surface area (Å²) in [5.74, 6) is -4.21. The van der Waals surface area contributed by atoms with E-state index in [1.165, 1.54) is 53.1 Å². The molecule has 0 saturated carbocycles. The van der Waals surface area contributed by atoms with E-state index in [0.29, 0.717) is 16.7 Å². The number of rotatable bonds is 6. The number of nitrogens with one attached hydrogen (secondary N) is 1. The lowest BCUT2D eigenvalue weighted by Gasteiger charge is -2.17. The number of aromatic nitrogens is 2. The number of imidazole rings is 1. The second-order valence-corrected chi connectivity index (χ2v) is 9.59. The standard InChI is InChI=1S/C24H21F2N3O3S/c1-3-29-21-14-16(22(30)27-18-10-7-11-19(15-18)33(2,31)32)12-13-20(21)28-23(29)24(25,26)17-8-5-4-6-9-17/h4-15H,3H2,1-2H3,(H,27,30). The topological polar surface area (TPSA) is 81.1 Å². The number of amides is 1. The van der Waals surface area contributed by atoms with Gasteiger partial charge in [-0.1, -0.05) is 36.4 Å². The smallest absolute Gasteiger partial charge is 0.323 e. The number of halogens is 2. The summed E-state index contributed by atoms with van der Waals surface area (Å²) in [6, 6.07) is 17.9. The molecule has 0 unspecified atom stereocenters. The Morgan fingerprint density at radius 2 is 1.76 bits per heavy atom. The van der Waals surface area contributed by atoms with Crippen molar-refractivity contribution >= 4 is 32.5 Å². The van der Waals surface area contributed by atoms with Crippen LogP contribution in [0, 0.1) is 0 Å². The van der Waals surface area contributed by atoms with E-state index < -0.39 is 27.5 Å². The fourth-order valence-electron chi connectivity index (χ4n) is 3.61. The van der Waals surface area contributed by atoms with Gasteiger partial charge in [0.2, 0.25) is 0 Å². The number of benzene rings is 3. The molecule has 1 amide bonds. The van der Waals surface area contributed by atoms with Crippen molar-refractivity contribution in [1.82, 2.24) is 9.55 Å². The largest absolute Gasteiger partial charge is 0.330 e. The van der Waals surface area contributed by atoms with Crippen molar-refractivity contribution in [3.8, 4) is 0 Å². The second-order valence-electron chi connectivity index (χ2n) is 7.58. The number of aryl methyl sites for hydroxylation is 1. The number of carbonyl (C=O) groups excluding carboxylic acids is 1. The van der Waals surface area contributed by atoms with Crippen LogP contribution in [-0.2, 0) is 22.3 Å². The van der Waals surface area contributed by atoms with Crippen LogP contribution in [0.5, 0.6) is 0 Å². The highest BCUT2D eigenvalue weighted by atomic mass is 32.2. The number of hydrogen-bond acceptors (Lipinski definition) is 4. The van der Waals surface area contributed by atoms with Crippen molar-refractivity contribution in [2.24, 2.45) is 0 Å². The van der Waals surface area contributed by atoms with Crippen molar-refractivity contribution in [2.75, 3.05) is 11.6 Å². The van der Waals surface area contributed by atoms with Gasteiger partial charge in [-0.05, 0) is 43.3 Å². The fourth-order valence-corrected chi connectivity index (χ4v) is 4.27. The minimum Gasteiger partial charge on any atom is -0.323 e. The first-order chi connectivity index (χ1) is 15.6. The molecule has 6 nitrogen and oxygen atoms in total. The van der Waals surface area contributed by atoms with Crippen LogP contribution >= 0.6 is 0 Å². The monoisotopic (exact) mass is 469 g/mol. The molecule has 0 radical (unpaired) electrons. The van der Waals surface area contributed by atoms with Crippen LogP contribution in [0.3, 0.4) is 0 Å². The number of alkyl halides is 2. The summed E-state index contributed by atoms with van der Waals surface area (Å²) >= 11 is 0. The average Bonchev–Trinajstić information content (AvgIpc) is 3.18. The SMILES string of the molecule is CCn1c(C(F)(F)c2ccccc2)nc2ccc(C(=O)Nc3cccc(S(C)(=O)=O)c3)cc21. The Labute approximate surface area is 189 Å². The molecule has 4 rings (SSSR count).